The lowest BCUT2D eigenvalue weighted by molar-refractivity contribution is -0.137. The molecule has 0 spiro atoms. The van der Waals surface area contributed by atoms with E-state index in [-0.39, 0.29) is 23.3 Å². The van der Waals surface area contributed by atoms with Crippen LogP contribution in [-0.4, -0.2) is 26.2 Å². The van der Waals surface area contributed by atoms with E-state index in [2.05, 4.69) is 5.32 Å². The van der Waals surface area contributed by atoms with Gasteiger partial charge >= 0.3 is 11.9 Å². The summed E-state index contributed by atoms with van der Waals surface area (Å²) in [6.07, 6.45) is 0. The van der Waals surface area contributed by atoms with E-state index in [1.165, 1.54) is 14.2 Å². The minimum Gasteiger partial charge on any atom is -0.466 e. The van der Waals surface area contributed by atoms with Crippen molar-refractivity contribution in [2.75, 3.05) is 14.2 Å². The fraction of sp³-hybridized carbons (Fsp3) is 0.294. The number of hydrogen-bond acceptors (Lipinski definition) is 6. The molecule has 0 unspecified atom stereocenters. The van der Waals surface area contributed by atoms with Gasteiger partial charge in [0.05, 0.1) is 43.4 Å². The molecule has 1 aromatic carbocycles. The monoisotopic (exact) mass is 351 g/mol. The third kappa shape index (κ3) is 3.17. The first kappa shape index (κ1) is 18.1. The Hall–Kier alpha value is -2.28. The summed E-state index contributed by atoms with van der Waals surface area (Å²) < 4.78 is 23.1. The van der Waals surface area contributed by atoms with Crippen molar-refractivity contribution in [1.29, 1.82) is 0 Å². The summed E-state index contributed by atoms with van der Waals surface area (Å²) in [5.41, 5.74) is 2.12. The molecule has 0 amide bonds. The van der Waals surface area contributed by atoms with Crippen LogP contribution in [0.4, 0.5) is 3.89 Å². The Bertz CT molecular complexity index is 704. The topological polar surface area (TPSA) is 64.6 Å². The smallest absolute Gasteiger partial charge is 0.336 e. The predicted molar refractivity (Wildman–Crippen MR) is 88.7 cm³/mol. The molecule has 0 radical (unpaired) electrons. The highest BCUT2D eigenvalue weighted by atomic mass is 32.2. The third-order valence-corrected chi connectivity index (χ3v) is 4.42. The van der Waals surface area contributed by atoms with Crippen molar-refractivity contribution in [3.63, 3.8) is 0 Å². The second-order valence-electron chi connectivity index (χ2n) is 5.23. The van der Waals surface area contributed by atoms with Gasteiger partial charge in [-0.3, -0.25) is 0 Å². The van der Waals surface area contributed by atoms with Crippen LogP contribution in [-0.2, 0) is 19.1 Å². The van der Waals surface area contributed by atoms with Gasteiger partial charge in [-0.2, -0.15) is 3.89 Å². The Balaban J connectivity index is 2.75. The van der Waals surface area contributed by atoms with Gasteiger partial charge < -0.3 is 14.8 Å². The molecular weight excluding hydrogens is 333 g/mol. The van der Waals surface area contributed by atoms with Crippen LogP contribution in [0.2, 0.25) is 0 Å². The molecule has 5 nitrogen and oxygen atoms in total. The van der Waals surface area contributed by atoms with E-state index in [1.807, 2.05) is 0 Å². The van der Waals surface area contributed by atoms with Gasteiger partial charge in [0.25, 0.3) is 0 Å². The van der Waals surface area contributed by atoms with Crippen LogP contribution in [0, 0.1) is 0 Å². The zero-order chi connectivity index (χ0) is 17.9. The maximum absolute atomic E-state index is 13.4. The van der Waals surface area contributed by atoms with Crippen molar-refractivity contribution in [2.45, 2.75) is 24.7 Å². The maximum atomic E-state index is 13.4. The van der Waals surface area contributed by atoms with E-state index in [0.717, 1.165) is 0 Å². The molecule has 0 bridgehead atoms. The molecule has 1 aliphatic heterocycles. The molecule has 128 valence electrons. The SMILES string of the molecule is COC(=O)C1=C(C)NC(C)=C(C(=O)OC)C1c1ccccc1SF. The Labute approximate surface area is 144 Å². The molecule has 7 heteroatoms. The van der Waals surface area contributed by atoms with E-state index in [0.29, 0.717) is 21.9 Å². The number of hydrogen-bond donors (Lipinski definition) is 1. The Morgan fingerprint density at radius 1 is 1.04 bits per heavy atom. The predicted octanol–water partition coefficient (Wildman–Crippen LogP) is 3.24. The van der Waals surface area contributed by atoms with E-state index in [1.54, 1.807) is 38.1 Å². The summed E-state index contributed by atoms with van der Waals surface area (Å²) in [6, 6.07) is 6.70. The molecule has 1 heterocycles. The standard InChI is InChI=1S/C17H18FNO4S/c1-9-13(16(20)22-3)15(11-7-5-6-8-12(11)24-18)14(10(2)19-9)17(21)23-4/h5-8,15,19H,1-4H3. The Morgan fingerprint density at radius 2 is 1.54 bits per heavy atom. The van der Waals surface area contributed by atoms with Gasteiger partial charge in [-0.05, 0) is 25.5 Å². The number of ether oxygens (including phenoxy) is 2. The van der Waals surface area contributed by atoms with E-state index >= 15 is 0 Å². The summed E-state index contributed by atoms with van der Waals surface area (Å²) in [5.74, 6) is -1.94. The number of nitrogens with one attached hydrogen (secondary N) is 1. The number of carbonyl (C=O) groups is 2. The van der Waals surface area contributed by atoms with Crippen molar-refractivity contribution in [3.8, 4) is 0 Å². The minimum absolute atomic E-state index is 0.0644. The first-order chi connectivity index (χ1) is 11.5. The zero-order valence-electron chi connectivity index (χ0n) is 13.8. The van der Waals surface area contributed by atoms with Crippen LogP contribution in [0.3, 0.4) is 0 Å². The summed E-state index contributed by atoms with van der Waals surface area (Å²) >= 11 is 0.0644. The fourth-order valence-electron chi connectivity index (χ4n) is 2.86. The molecule has 0 saturated carbocycles. The van der Waals surface area contributed by atoms with Crippen LogP contribution in [0.5, 0.6) is 0 Å². The third-order valence-electron chi connectivity index (χ3n) is 3.88. The highest BCUT2D eigenvalue weighted by molar-refractivity contribution is 7.94. The van der Waals surface area contributed by atoms with Gasteiger partial charge in [0, 0.05) is 16.3 Å². The second kappa shape index (κ2) is 7.53. The molecule has 1 aromatic rings. The van der Waals surface area contributed by atoms with Crippen LogP contribution >= 0.6 is 12.1 Å². The summed E-state index contributed by atoms with van der Waals surface area (Å²) in [4.78, 5) is 25.0. The summed E-state index contributed by atoms with van der Waals surface area (Å²) in [5, 5.41) is 3.00. The average molecular weight is 351 g/mol. The maximum Gasteiger partial charge on any atom is 0.336 e. The lowest BCUT2D eigenvalue weighted by Crippen LogP contribution is -2.32. The van der Waals surface area contributed by atoms with Crippen molar-refractivity contribution >= 4 is 24.1 Å². The fourth-order valence-corrected chi connectivity index (χ4v) is 3.26. The van der Waals surface area contributed by atoms with Crippen LogP contribution < -0.4 is 5.32 Å². The number of benzene rings is 1. The lowest BCUT2D eigenvalue weighted by Gasteiger charge is -2.30. The number of esters is 2. The average Bonchev–Trinajstić information content (AvgIpc) is 2.59. The molecule has 0 fully saturated rings. The van der Waals surface area contributed by atoms with E-state index in [9.17, 15) is 13.5 Å². The number of methoxy groups -OCH3 is 2. The Kier molecular flexibility index (Phi) is 5.66. The van der Waals surface area contributed by atoms with Crippen LogP contribution in [0.1, 0.15) is 25.3 Å². The van der Waals surface area contributed by atoms with Gasteiger partial charge in [-0.1, -0.05) is 18.2 Å². The molecule has 24 heavy (non-hydrogen) atoms. The lowest BCUT2D eigenvalue weighted by atomic mass is 9.80. The van der Waals surface area contributed by atoms with Crippen molar-refractivity contribution < 1.29 is 22.9 Å². The van der Waals surface area contributed by atoms with Crippen molar-refractivity contribution in [2.24, 2.45) is 0 Å². The first-order valence-corrected chi connectivity index (χ1v) is 7.90. The van der Waals surface area contributed by atoms with Crippen LogP contribution in [0.25, 0.3) is 0 Å². The van der Waals surface area contributed by atoms with Crippen molar-refractivity contribution in [3.05, 3.63) is 52.4 Å². The van der Waals surface area contributed by atoms with Crippen molar-refractivity contribution in [1.82, 2.24) is 5.32 Å². The summed E-state index contributed by atoms with van der Waals surface area (Å²) in [6.45, 7) is 3.42. The second-order valence-corrected chi connectivity index (χ2v) is 5.83. The minimum atomic E-state index is -0.773. The highest BCUT2D eigenvalue weighted by Crippen LogP contribution is 2.42. The largest absolute Gasteiger partial charge is 0.466 e. The van der Waals surface area contributed by atoms with E-state index < -0.39 is 17.9 Å². The van der Waals surface area contributed by atoms with Gasteiger partial charge in [0.1, 0.15) is 0 Å². The number of carbonyl (C=O) groups excluding carboxylic acids is 2. The number of rotatable bonds is 4. The van der Waals surface area contributed by atoms with Gasteiger partial charge in [0.15, 0.2) is 0 Å². The van der Waals surface area contributed by atoms with Gasteiger partial charge in [-0.15, -0.1) is 0 Å². The molecule has 1 N–H and O–H groups in total. The molecular formula is C17H18FNO4S. The molecule has 0 aromatic heterocycles. The zero-order valence-corrected chi connectivity index (χ0v) is 14.6. The molecule has 0 atom stereocenters. The number of dihydropyridines is 1. The molecule has 0 saturated heterocycles. The van der Waals surface area contributed by atoms with E-state index in [4.69, 9.17) is 9.47 Å². The number of halogens is 1. The normalized spacial score (nSPS) is 15.2. The molecule has 2 rings (SSSR count). The Morgan fingerprint density at radius 3 is 2.00 bits per heavy atom. The van der Waals surface area contributed by atoms with Gasteiger partial charge in [0.2, 0.25) is 0 Å². The molecule has 1 aliphatic rings. The highest BCUT2D eigenvalue weighted by Gasteiger charge is 2.38. The van der Waals surface area contributed by atoms with Crippen LogP contribution in [0.15, 0.2) is 51.7 Å². The first-order valence-electron chi connectivity index (χ1n) is 7.18. The number of allylic oxidation sites excluding steroid dienone is 2. The quantitative estimate of drug-likeness (QED) is 0.840. The summed E-state index contributed by atoms with van der Waals surface area (Å²) in [7, 11) is 2.52. The molecule has 0 aliphatic carbocycles. The van der Waals surface area contributed by atoms with Gasteiger partial charge in [-0.25, -0.2) is 9.59 Å².